The highest BCUT2D eigenvalue weighted by atomic mass is 16.4. The van der Waals surface area contributed by atoms with Gasteiger partial charge in [0.25, 0.3) is 0 Å². The van der Waals surface area contributed by atoms with E-state index in [1.165, 1.54) is 27.4 Å². The summed E-state index contributed by atoms with van der Waals surface area (Å²) < 4.78 is 8.34. The van der Waals surface area contributed by atoms with Crippen LogP contribution in [0.2, 0.25) is 0 Å². The molecule has 0 fully saturated rings. The second-order valence-corrected chi connectivity index (χ2v) is 8.77. The topological polar surface area (TPSA) is 43.9 Å². The van der Waals surface area contributed by atoms with Crippen LogP contribution in [-0.4, -0.2) is 14.8 Å². The fourth-order valence-corrected chi connectivity index (χ4v) is 4.85. The lowest BCUT2D eigenvalue weighted by Gasteiger charge is -2.08. The van der Waals surface area contributed by atoms with Crippen molar-refractivity contribution in [3.63, 3.8) is 0 Å². The minimum Gasteiger partial charge on any atom is -0.416 e. The van der Waals surface area contributed by atoms with Crippen molar-refractivity contribution in [1.82, 2.24) is 14.8 Å². The summed E-state index contributed by atoms with van der Waals surface area (Å²) in [5, 5.41) is 11.1. The van der Waals surface area contributed by atoms with Crippen LogP contribution in [0.1, 0.15) is 0 Å². The number of para-hydroxylation sites is 2. The van der Waals surface area contributed by atoms with Gasteiger partial charge in [0.05, 0.1) is 11.0 Å². The van der Waals surface area contributed by atoms with Gasteiger partial charge in [0, 0.05) is 27.6 Å². The van der Waals surface area contributed by atoms with Crippen molar-refractivity contribution in [3.8, 4) is 39.7 Å². The first kappa shape index (κ1) is 20.4. The number of hydrogen-bond acceptors (Lipinski definition) is 3. The van der Waals surface area contributed by atoms with Gasteiger partial charge in [-0.2, -0.15) is 0 Å². The molecule has 2 aromatic heterocycles. The van der Waals surface area contributed by atoms with Gasteiger partial charge in [-0.15, -0.1) is 10.2 Å². The average molecular weight is 464 g/mol. The molecular formula is C32H21N3O. The normalized spacial score (nSPS) is 11.3. The maximum atomic E-state index is 6.04. The Kier molecular flexibility index (Phi) is 4.74. The average Bonchev–Trinajstić information content (AvgIpc) is 3.58. The van der Waals surface area contributed by atoms with Gasteiger partial charge >= 0.3 is 0 Å². The maximum absolute atomic E-state index is 6.04. The molecule has 7 rings (SSSR count). The zero-order valence-corrected chi connectivity index (χ0v) is 19.4. The molecule has 170 valence electrons. The van der Waals surface area contributed by atoms with Crippen molar-refractivity contribution in [2.24, 2.45) is 0 Å². The molecule has 0 bridgehead atoms. The second-order valence-electron chi connectivity index (χ2n) is 8.77. The summed E-state index contributed by atoms with van der Waals surface area (Å²) in [5.74, 6) is 1.02. The van der Waals surface area contributed by atoms with Crippen molar-refractivity contribution >= 4 is 21.8 Å². The first-order valence-corrected chi connectivity index (χ1v) is 11.9. The fraction of sp³-hybridized carbons (Fsp3) is 0. The van der Waals surface area contributed by atoms with E-state index in [2.05, 4.69) is 99.7 Å². The van der Waals surface area contributed by atoms with Crippen LogP contribution < -0.4 is 0 Å². The van der Waals surface area contributed by atoms with Crippen LogP contribution >= 0.6 is 0 Å². The molecule has 0 saturated carbocycles. The zero-order valence-electron chi connectivity index (χ0n) is 19.4. The first-order chi connectivity index (χ1) is 17.8. The summed E-state index contributed by atoms with van der Waals surface area (Å²) in [4.78, 5) is 0. The molecule has 4 nitrogen and oxygen atoms in total. The van der Waals surface area contributed by atoms with Crippen LogP contribution in [0.3, 0.4) is 0 Å². The molecule has 0 atom stereocenters. The lowest BCUT2D eigenvalue weighted by Crippen LogP contribution is -1.93. The molecular weight excluding hydrogens is 442 g/mol. The number of aromatic nitrogens is 3. The lowest BCUT2D eigenvalue weighted by atomic mass is 10.0. The van der Waals surface area contributed by atoms with Gasteiger partial charge in [0.15, 0.2) is 0 Å². The van der Waals surface area contributed by atoms with E-state index in [0.717, 1.165) is 22.4 Å². The third-order valence-corrected chi connectivity index (χ3v) is 6.62. The molecule has 0 spiro atoms. The Labute approximate surface area is 208 Å². The van der Waals surface area contributed by atoms with E-state index in [1.807, 2.05) is 42.5 Å². The molecule has 0 aliphatic rings. The van der Waals surface area contributed by atoms with Crippen LogP contribution in [0.4, 0.5) is 0 Å². The largest absolute Gasteiger partial charge is 0.416 e. The molecule has 0 radical (unpaired) electrons. The highest BCUT2D eigenvalue weighted by Gasteiger charge is 2.14. The summed E-state index contributed by atoms with van der Waals surface area (Å²) in [5.41, 5.74) is 7.58. The Morgan fingerprint density at radius 1 is 0.417 bits per heavy atom. The molecule has 2 heterocycles. The minimum atomic E-state index is 0.505. The molecule has 0 aliphatic carbocycles. The van der Waals surface area contributed by atoms with Crippen molar-refractivity contribution in [2.75, 3.05) is 0 Å². The first-order valence-electron chi connectivity index (χ1n) is 11.9. The summed E-state index contributed by atoms with van der Waals surface area (Å²) in [6.07, 6.45) is 0. The summed E-state index contributed by atoms with van der Waals surface area (Å²) >= 11 is 0. The van der Waals surface area contributed by atoms with E-state index in [-0.39, 0.29) is 0 Å². The Hall–Kier alpha value is -4.96. The summed E-state index contributed by atoms with van der Waals surface area (Å²) in [6.45, 7) is 0. The monoisotopic (exact) mass is 463 g/mol. The number of benzene rings is 5. The Morgan fingerprint density at radius 2 is 0.861 bits per heavy atom. The molecule has 0 saturated heterocycles. The standard InChI is InChI=1S/C32H21N3O/c1-2-8-22(9-3-1)23-14-16-24(17-15-23)31-33-34-32(36-31)25-18-20-26(21-19-25)35-29-12-6-4-10-27(29)28-11-5-7-13-30(28)35/h1-21H. The Morgan fingerprint density at radius 3 is 1.44 bits per heavy atom. The zero-order chi connectivity index (χ0) is 23.9. The number of fused-ring (bicyclic) bond motifs is 3. The number of rotatable bonds is 4. The van der Waals surface area contributed by atoms with E-state index in [9.17, 15) is 0 Å². The van der Waals surface area contributed by atoms with E-state index in [4.69, 9.17) is 4.42 Å². The molecule has 4 heteroatoms. The summed E-state index contributed by atoms with van der Waals surface area (Å²) in [6, 6.07) is 43.8. The molecule has 0 unspecified atom stereocenters. The van der Waals surface area contributed by atoms with Gasteiger partial charge in [-0.25, -0.2) is 0 Å². The minimum absolute atomic E-state index is 0.505. The number of hydrogen-bond donors (Lipinski definition) is 0. The van der Waals surface area contributed by atoms with Crippen LogP contribution in [0.25, 0.3) is 61.5 Å². The van der Waals surface area contributed by atoms with Crippen LogP contribution in [-0.2, 0) is 0 Å². The molecule has 0 N–H and O–H groups in total. The van der Waals surface area contributed by atoms with E-state index >= 15 is 0 Å². The van der Waals surface area contributed by atoms with Gasteiger partial charge in [0.1, 0.15) is 0 Å². The third kappa shape index (κ3) is 3.39. The van der Waals surface area contributed by atoms with Crippen molar-refractivity contribution in [2.45, 2.75) is 0 Å². The number of nitrogens with zero attached hydrogens (tertiary/aromatic N) is 3. The Bertz CT molecular complexity index is 1760. The van der Waals surface area contributed by atoms with Gasteiger partial charge in [-0.3, -0.25) is 0 Å². The quantitative estimate of drug-likeness (QED) is 0.264. The molecule has 0 aliphatic heterocycles. The smallest absolute Gasteiger partial charge is 0.248 e. The van der Waals surface area contributed by atoms with Crippen molar-refractivity contribution in [3.05, 3.63) is 127 Å². The van der Waals surface area contributed by atoms with Gasteiger partial charge in [-0.1, -0.05) is 78.9 Å². The Balaban J connectivity index is 1.21. The van der Waals surface area contributed by atoms with Gasteiger partial charge in [0.2, 0.25) is 11.8 Å². The van der Waals surface area contributed by atoms with Crippen molar-refractivity contribution in [1.29, 1.82) is 0 Å². The highest BCUT2D eigenvalue weighted by Crippen LogP contribution is 2.33. The van der Waals surface area contributed by atoms with Gasteiger partial charge in [-0.05, 0) is 59.7 Å². The van der Waals surface area contributed by atoms with E-state index < -0.39 is 0 Å². The van der Waals surface area contributed by atoms with E-state index in [1.54, 1.807) is 0 Å². The van der Waals surface area contributed by atoms with Crippen LogP contribution in [0, 0.1) is 0 Å². The molecule has 0 amide bonds. The predicted octanol–water partition coefficient (Wildman–Crippen LogP) is 8.17. The highest BCUT2D eigenvalue weighted by molar-refractivity contribution is 6.09. The molecule has 5 aromatic carbocycles. The van der Waals surface area contributed by atoms with E-state index in [0.29, 0.717) is 11.8 Å². The second kappa shape index (κ2) is 8.36. The fourth-order valence-electron chi connectivity index (χ4n) is 4.85. The van der Waals surface area contributed by atoms with Crippen LogP contribution in [0.5, 0.6) is 0 Å². The predicted molar refractivity (Wildman–Crippen MR) is 145 cm³/mol. The van der Waals surface area contributed by atoms with Gasteiger partial charge < -0.3 is 8.98 Å². The lowest BCUT2D eigenvalue weighted by molar-refractivity contribution is 0.584. The van der Waals surface area contributed by atoms with Crippen LogP contribution in [0.15, 0.2) is 132 Å². The molecule has 36 heavy (non-hydrogen) atoms. The SMILES string of the molecule is c1ccc(-c2ccc(-c3nnc(-c4ccc(-n5c6ccccc6c6ccccc65)cc4)o3)cc2)cc1. The summed E-state index contributed by atoms with van der Waals surface area (Å²) in [7, 11) is 0. The van der Waals surface area contributed by atoms with Crippen molar-refractivity contribution < 1.29 is 4.42 Å². The maximum Gasteiger partial charge on any atom is 0.248 e. The molecule has 7 aromatic rings. The third-order valence-electron chi connectivity index (χ3n) is 6.62.